The molecule has 0 amide bonds. The van der Waals surface area contributed by atoms with Crippen molar-refractivity contribution in [3.05, 3.63) is 75.5 Å². The van der Waals surface area contributed by atoms with Gasteiger partial charge in [0.15, 0.2) is 0 Å². The first-order valence-corrected chi connectivity index (χ1v) is 7.00. The Balaban J connectivity index is 1.90. The average molecular weight is 310 g/mol. The fraction of sp³-hybridized carbons (Fsp3) is 0.118. The van der Waals surface area contributed by atoms with Crippen LogP contribution in [0.1, 0.15) is 21.6 Å². The third kappa shape index (κ3) is 3.06. The van der Waals surface area contributed by atoms with Crippen molar-refractivity contribution in [1.82, 2.24) is 4.98 Å². The first-order valence-electron chi connectivity index (χ1n) is 7.00. The van der Waals surface area contributed by atoms with Gasteiger partial charge in [-0.2, -0.15) is 0 Å². The fourth-order valence-electron chi connectivity index (χ4n) is 2.53. The Morgan fingerprint density at radius 3 is 2.78 bits per heavy atom. The number of nitrogens with one attached hydrogen (secondary N) is 1. The summed E-state index contributed by atoms with van der Waals surface area (Å²) in [6.45, 7) is 0. The average Bonchev–Trinajstić information content (AvgIpc) is 2.95. The SMILES string of the molecule is COC(=O)c1ccc2cc(Cc3cccc([N+](=O)[O-])c3)[nH]c2c1. The summed E-state index contributed by atoms with van der Waals surface area (Å²) in [6, 6.07) is 13.8. The minimum atomic E-state index is -0.405. The molecule has 1 N–H and O–H groups in total. The number of aromatic nitrogens is 1. The second-order valence-electron chi connectivity index (χ2n) is 5.19. The number of aromatic amines is 1. The highest BCUT2D eigenvalue weighted by molar-refractivity contribution is 5.94. The molecule has 116 valence electrons. The summed E-state index contributed by atoms with van der Waals surface area (Å²) in [5, 5.41) is 11.8. The number of nitro groups is 1. The first kappa shape index (κ1) is 14.8. The van der Waals surface area contributed by atoms with Crippen molar-refractivity contribution < 1.29 is 14.5 Å². The summed E-state index contributed by atoms with van der Waals surface area (Å²) in [6.07, 6.45) is 0.546. The zero-order chi connectivity index (χ0) is 16.4. The quantitative estimate of drug-likeness (QED) is 0.454. The fourth-order valence-corrected chi connectivity index (χ4v) is 2.53. The lowest BCUT2D eigenvalue weighted by Crippen LogP contribution is -2.00. The van der Waals surface area contributed by atoms with E-state index in [1.165, 1.54) is 13.2 Å². The third-order valence-electron chi connectivity index (χ3n) is 3.62. The molecule has 0 unspecified atom stereocenters. The van der Waals surface area contributed by atoms with Gasteiger partial charge in [0.25, 0.3) is 5.69 Å². The van der Waals surface area contributed by atoms with E-state index in [0.29, 0.717) is 12.0 Å². The molecule has 0 saturated carbocycles. The number of carbonyl (C=O) groups is 1. The highest BCUT2D eigenvalue weighted by Gasteiger charge is 2.10. The molecule has 0 atom stereocenters. The molecule has 23 heavy (non-hydrogen) atoms. The highest BCUT2D eigenvalue weighted by Crippen LogP contribution is 2.21. The second kappa shape index (κ2) is 5.92. The first-order chi connectivity index (χ1) is 11.1. The predicted octanol–water partition coefficient (Wildman–Crippen LogP) is 3.45. The topological polar surface area (TPSA) is 85.2 Å². The zero-order valence-electron chi connectivity index (χ0n) is 12.4. The van der Waals surface area contributed by atoms with Gasteiger partial charge < -0.3 is 9.72 Å². The molecule has 0 fully saturated rings. The molecule has 0 aliphatic carbocycles. The summed E-state index contributed by atoms with van der Waals surface area (Å²) in [4.78, 5) is 25.2. The van der Waals surface area contributed by atoms with E-state index in [9.17, 15) is 14.9 Å². The molecule has 2 aromatic carbocycles. The monoisotopic (exact) mass is 310 g/mol. The third-order valence-corrected chi connectivity index (χ3v) is 3.62. The number of hydrogen-bond acceptors (Lipinski definition) is 4. The van der Waals surface area contributed by atoms with E-state index in [0.717, 1.165) is 22.2 Å². The number of ether oxygens (including phenoxy) is 1. The van der Waals surface area contributed by atoms with Gasteiger partial charge in [0, 0.05) is 29.8 Å². The second-order valence-corrected chi connectivity index (χ2v) is 5.19. The van der Waals surface area contributed by atoms with Gasteiger partial charge in [-0.15, -0.1) is 0 Å². The van der Waals surface area contributed by atoms with Gasteiger partial charge in [-0.1, -0.05) is 18.2 Å². The van der Waals surface area contributed by atoms with E-state index in [2.05, 4.69) is 4.98 Å². The number of H-pyrrole nitrogens is 1. The van der Waals surface area contributed by atoms with Crippen molar-refractivity contribution in [1.29, 1.82) is 0 Å². The molecular formula is C17H14N2O4. The molecule has 1 heterocycles. The van der Waals surface area contributed by atoms with Gasteiger partial charge in [0.05, 0.1) is 17.6 Å². The maximum atomic E-state index is 11.6. The summed E-state index contributed by atoms with van der Waals surface area (Å²) >= 11 is 0. The predicted molar refractivity (Wildman–Crippen MR) is 85.5 cm³/mol. The standard InChI is InChI=1S/C17H14N2O4/c1-23-17(20)13-6-5-12-9-14(18-16(12)10-13)7-11-3-2-4-15(8-11)19(21)22/h2-6,8-10,18H,7H2,1H3. The van der Waals surface area contributed by atoms with Crippen LogP contribution >= 0.6 is 0 Å². The number of hydrogen-bond donors (Lipinski definition) is 1. The van der Waals surface area contributed by atoms with Gasteiger partial charge in [0.1, 0.15) is 0 Å². The van der Waals surface area contributed by atoms with E-state index in [-0.39, 0.29) is 11.7 Å². The summed E-state index contributed by atoms with van der Waals surface area (Å²) in [5.74, 6) is -0.387. The lowest BCUT2D eigenvalue weighted by Gasteiger charge is -1.99. The lowest BCUT2D eigenvalue weighted by molar-refractivity contribution is -0.384. The highest BCUT2D eigenvalue weighted by atomic mass is 16.6. The molecule has 0 radical (unpaired) electrons. The Hall–Kier alpha value is -3.15. The molecule has 3 aromatic rings. The molecular weight excluding hydrogens is 296 g/mol. The largest absolute Gasteiger partial charge is 0.465 e. The van der Waals surface area contributed by atoms with Crippen LogP contribution in [0.25, 0.3) is 10.9 Å². The molecule has 3 rings (SSSR count). The maximum Gasteiger partial charge on any atom is 0.337 e. The van der Waals surface area contributed by atoms with Crippen molar-refractivity contribution in [2.24, 2.45) is 0 Å². The number of nitrogens with zero attached hydrogens (tertiary/aromatic N) is 1. The number of esters is 1. The number of benzene rings is 2. The molecule has 0 saturated heterocycles. The van der Waals surface area contributed by atoms with Crippen LogP contribution < -0.4 is 0 Å². The van der Waals surface area contributed by atoms with Gasteiger partial charge in [-0.25, -0.2) is 4.79 Å². The van der Waals surface area contributed by atoms with Crippen molar-refractivity contribution >= 4 is 22.6 Å². The van der Waals surface area contributed by atoms with Crippen molar-refractivity contribution in [3.63, 3.8) is 0 Å². The lowest BCUT2D eigenvalue weighted by atomic mass is 10.1. The number of nitro benzene ring substituents is 1. The Bertz CT molecular complexity index is 898. The van der Waals surface area contributed by atoms with Crippen LogP contribution in [0.3, 0.4) is 0 Å². The molecule has 1 aromatic heterocycles. The minimum absolute atomic E-state index is 0.0755. The summed E-state index contributed by atoms with van der Waals surface area (Å²) < 4.78 is 4.71. The van der Waals surface area contributed by atoms with Gasteiger partial charge >= 0.3 is 5.97 Å². The van der Waals surface area contributed by atoms with Crippen LogP contribution in [0.4, 0.5) is 5.69 Å². The molecule has 0 aliphatic rings. The number of non-ortho nitro benzene ring substituents is 1. The van der Waals surface area contributed by atoms with E-state index < -0.39 is 4.92 Å². The molecule has 0 bridgehead atoms. The zero-order valence-corrected chi connectivity index (χ0v) is 12.4. The van der Waals surface area contributed by atoms with E-state index in [1.807, 2.05) is 18.2 Å². The van der Waals surface area contributed by atoms with Crippen LogP contribution in [-0.4, -0.2) is 23.0 Å². The Morgan fingerprint density at radius 1 is 1.22 bits per heavy atom. The molecule has 0 spiro atoms. The number of rotatable bonds is 4. The van der Waals surface area contributed by atoms with Crippen LogP contribution in [0.2, 0.25) is 0 Å². The molecule has 6 nitrogen and oxygen atoms in total. The van der Waals surface area contributed by atoms with Gasteiger partial charge in [-0.05, 0) is 29.1 Å². The normalized spacial score (nSPS) is 10.7. The van der Waals surface area contributed by atoms with E-state index in [4.69, 9.17) is 4.74 Å². The van der Waals surface area contributed by atoms with Crippen molar-refractivity contribution in [2.45, 2.75) is 6.42 Å². The van der Waals surface area contributed by atoms with Crippen molar-refractivity contribution in [3.8, 4) is 0 Å². The molecule has 0 aliphatic heterocycles. The minimum Gasteiger partial charge on any atom is -0.465 e. The van der Waals surface area contributed by atoms with Crippen molar-refractivity contribution in [2.75, 3.05) is 7.11 Å². The van der Waals surface area contributed by atoms with E-state index in [1.54, 1.807) is 24.3 Å². The number of methoxy groups -OCH3 is 1. The van der Waals surface area contributed by atoms with Gasteiger partial charge in [-0.3, -0.25) is 10.1 Å². The Morgan fingerprint density at radius 2 is 2.04 bits per heavy atom. The Kier molecular flexibility index (Phi) is 3.80. The number of carbonyl (C=O) groups excluding carboxylic acids is 1. The smallest absolute Gasteiger partial charge is 0.337 e. The van der Waals surface area contributed by atoms with Crippen LogP contribution in [0.5, 0.6) is 0 Å². The van der Waals surface area contributed by atoms with Crippen LogP contribution in [0, 0.1) is 10.1 Å². The maximum absolute atomic E-state index is 11.6. The van der Waals surface area contributed by atoms with Crippen LogP contribution in [0.15, 0.2) is 48.5 Å². The summed E-state index contributed by atoms with van der Waals surface area (Å²) in [5.41, 5.74) is 3.14. The van der Waals surface area contributed by atoms with Gasteiger partial charge in [0.2, 0.25) is 0 Å². The Labute approximate surface area is 131 Å². The van der Waals surface area contributed by atoms with Crippen LogP contribution in [-0.2, 0) is 11.2 Å². The summed E-state index contributed by atoms with van der Waals surface area (Å²) in [7, 11) is 1.34. The molecule has 6 heteroatoms. The van der Waals surface area contributed by atoms with E-state index >= 15 is 0 Å². The number of fused-ring (bicyclic) bond motifs is 1.